The Morgan fingerprint density at radius 3 is 1.57 bits per heavy atom. The smallest absolute Gasteiger partial charge is 0.415 e. The zero-order valence-electron chi connectivity index (χ0n) is 12.2. The maximum atomic E-state index is 13.1. The second kappa shape index (κ2) is 6.79. The highest BCUT2D eigenvalue weighted by atomic mass is 31.2. The van der Waals surface area contributed by atoms with E-state index in [1.54, 1.807) is 24.3 Å². The first-order valence-electron chi connectivity index (χ1n) is 6.86. The second-order valence-electron chi connectivity index (χ2n) is 5.08. The van der Waals surface area contributed by atoms with Gasteiger partial charge in [-0.2, -0.15) is 0 Å². The third kappa shape index (κ3) is 4.10. The third-order valence-corrected chi connectivity index (χ3v) is 5.26. The highest BCUT2D eigenvalue weighted by Crippen LogP contribution is 2.52. The quantitative estimate of drug-likeness (QED) is 0.809. The van der Waals surface area contributed by atoms with Crippen LogP contribution in [0.25, 0.3) is 0 Å². The number of nitrogens with two attached hydrogens (primary N) is 1. The van der Waals surface area contributed by atoms with E-state index in [0.717, 1.165) is 0 Å². The van der Waals surface area contributed by atoms with Gasteiger partial charge < -0.3 is 14.8 Å². The summed E-state index contributed by atoms with van der Waals surface area (Å²) in [6.07, 6.45) is 0. The molecule has 21 heavy (non-hydrogen) atoms. The fourth-order valence-corrected chi connectivity index (χ4v) is 3.60. The van der Waals surface area contributed by atoms with E-state index in [0.29, 0.717) is 11.5 Å². The molecule has 2 N–H and O–H groups in total. The maximum Gasteiger partial charge on any atom is 0.447 e. The van der Waals surface area contributed by atoms with E-state index in [2.05, 4.69) is 0 Å². The van der Waals surface area contributed by atoms with Crippen molar-refractivity contribution in [2.24, 2.45) is 11.7 Å². The molecule has 0 aliphatic heterocycles. The molecule has 0 radical (unpaired) electrons. The van der Waals surface area contributed by atoms with Gasteiger partial charge >= 0.3 is 7.60 Å². The number of hydrogen-bond donors (Lipinski definition) is 1. The van der Waals surface area contributed by atoms with Crippen LogP contribution in [-0.2, 0) is 4.57 Å². The molecule has 0 aliphatic carbocycles. The van der Waals surface area contributed by atoms with Crippen molar-refractivity contribution >= 4 is 7.60 Å². The number of para-hydroxylation sites is 2. The molecule has 0 amide bonds. The lowest BCUT2D eigenvalue weighted by Crippen LogP contribution is -2.30. The Hall–Kier alpha value is -1.77. The van der Waals surface area contributed by atoms with Crippen LogP contribution in [0, 0.1) is 5.92 Å². The fraction of sp³-hybridized carbons (Fsp3) is 0.250. The minimum Gasteiger partial charge on any atom is -0.415 e. The summed E-state index contributed by atoms with van der Waals surface area (Å²) in [5.41, 5.74) is 6.08. The number of hydrogen-bond acceptors (Lipinski definition) is 4. The van der Waals surface area contributed by atoms with Crippen LogP contribution in [0.5, 0.6) is 11.5 Å². The molecule has 0 spiro atoms. The van der Waals surface area contributed by atoms with Crippen molar-refractivity contribution < 1.29 is 13.6 Å². The number of benzene rings is 2. The van der Waals surface area contributed by atoms with Crippen molar-refractivity contribution in [2.75, 3.05) is 0 Å². The summed E-state index contributed by atoms with van der Waals surface area (Å²) in [5, 5.41) is 0. The highest BCUT2D eigenvalue weighted by Gasteiger charge is 2.38. The molecule has 0 aliphatic rings. The Kier molecular flexibility index (Phi) is 5.05. The Bertz CT molecular complexity index is 556. The molecule has 4 nitrogen and oxygen atoms in total. The summed E-state index contributed by atoms with van der Waals surface area (Å²) >= 11 is 0. The van der Waals surface area contributed by atoms with Gasteiger partial charge in [-0.25, -0.2) is 4.57 Å². The summed E-state index contributed by atoms with van der Waals surface area (Å²) in [5.74, 6) is 0.210. The van der Waals surface area contributed by atoms with Gasteiger partial charge in [0.05, 0.1) is 0 Å². The largest absolute Gasteiger partial charge is 0.447 e. The Balaban J connectivity index is 2.28. The van der Waals surface area contributed by atoms with Crippen LogP contribution < -0.4 is 14.8 Å². The van der Waals surface area contributed by atoms with Crippen LogP contribution >= 0.6 is 7.60 Å². The van der Waals surface area contributed by atoms with Gasteiger partial charge in [-0.15, -0.1) is 0 Å². The predicted molar refractivity (Wildman–Crippen MR) is 84.6 cm³/mol. The first kappa shape index (κ1) is 15.6. The lowest BCUT2D eigenvalue weighted by atomic mass is 10.2. The molecule has 0 bridgehead atoms. The van der Waals surface area contributed by atoms with E-state index in [1.807, 2.05) is 50.2 Å². The average Bonchev–Trinajstić information content (AvgIpc) is 2.48. The van der Waals surface area contributed by atoms with Gasteiger partial charge in [0.15, 0.2) is 0 Å². The van der Waals surface area contributed by atoms with Crippen molar-refractivity contribution in [1.29, 1.82) is 0 Å². The SMILES string of the molecule is CC(C)[C@@H](N)P(=O)(Oc1ccccc1)Oc1ccccc1. The van der Waals surface area contributed by atoms with Crippen LogP contribution in [0.15, 0.2) is 60.7 Å². The van der Waals surface area contributed by atoms with E-state index < -0.39 is 13.4 Å². The summed E-state index contributed by atoms with van der Waals surface area (Å²) in [6, 6.07) is 17.9. The number of rotatable bonds is 6. The lowest BCUT2D eigenvalue weighted by molar-refractivity contribution is 0.356. The highest BCUT2D eigenvalue weighted by molar-refractivity contribution is 7.55. The van der Waals surface area contributed by atoms with Crippen LogP contribution in [-0.4, -0.2) is 5.78 Å². The van der Waals surface area contributed by atoms with Crippen molar-refractivity contribution in [3.05, 3.63) is 60.7 Å². The van der Waals surface area contributed by atoms with Crippen LogP contribution in [0.1, 0.15) is 13.8 Å². The Labute approximate surface area is 125 Å². The topological polar surface area (TPSA) is 61.6 Å². The molecule has 0 unspecified atom stereocenters. The third-order valence-electron chi connectivity index (χ3n) is 3.00. The van der Waals surface area contributed by atoms with E-state index in [-0.39, 0.29) is 5.92 Å². The fourth-order valence-electron chi connectivity index (χ4n) is 1.76. The van der Waals surface area contributed by atoms with E-state index in [9.17, 15) is 4.57 Å². The van der Waals surface area contributed by atoms with Crippen molar-refractivity contribution in [2.45, 2.75) is 19.6 Å². The molecule has 0 heterocycles. The van der Waals surface area contributed by atoms with Crippen molar-refractivity contribution in [3.63, 3.8) is 0 Å². The van der Waals surface area contributed by atoms with Gasteiger partial charge in [0, 0.05) is 0 Å². The average molecular weight is 305 g/mol. The van der Waals surface area contributed by atoms with Crippen molar-refractivity contribution in [1.82, 2.24) is 0 Å². The molecule has 0 saturated carbocycles. The molecular formula is C16H20NO3P. The van der Waals surface area contributed by atoms with Gasteiger partial charge in [-0.3, -0.25) is 0 Å². The van der Waals surface area contributed by atoms with E-state index in [4.69, 9.17) is 14.8 Å². The molecule has 112 valence electrons. The summed E-state index contributed by atoms with van der Waals surface area (Å²) in [6.45, 7) is 3.78. The zero-order valence-corrected chi connectivity index (χ0v) is 13.1. The lowest BCUT2D eigenvalue weighted by Gasteiger charge is -2.27. The monoisotopic (exact) mass is 305 g/mol. The minimum atomic E-state index is -3.53. The minimum absolute atomic E-state index is 0.0387. The van der Waals surface area contributed by atoms with Gasteiger partial charge in [0.25, 0.3) is 0 Å². The normalized spacial score (nSPS) is 13.0. The molecule has 2 rings (SSSR count). The zero-order chi connectivity index (χ0) is 15.3. The Morgan fingerprint density at radius 1 is 0.857 bits per heavy atom. The molecule has 2 aromatic carbocycles. The van der Waals surface area contributed by atoms with E-state index in [1.165, 1.54) is 0 Å². The van der Waals surface area contributed by atoms with Crippen LogP contribution in [0.4, 0.5) is 0 Å². The van der Waals surface area contributed by atoms with Crippen molar-refractivity contribution in [3.8, 4) is 11.5 Å². The molecular weight excluding hydrogens is 285 g/mol. The second-order valence-corrected chi connectivity index (χ2v) is 7.12. The predicted octanol–water partition coefficient (Wildman–Crippen LogP) is 4.28. The molecule has 5 heteroatoms. The first-order chi connectivity index (χ1) is 10.0. The molecule has 0 fully saturated rings. The summed E-state index contributed by atoms with van der Waals surface area (Å²) in [7, 11) is -3.53. The maximum absolute atomic E-state index is 13.1. The summed E-state index contributed by atoms with van der Waals surface area (Å²) in [4.78, 5) is 0. The van der Waals surface area contributed by atoms with Gasteiger partial charge in [0.2, 0.25) is 0 Å². The van der Waals surface area contributed by atoms with Gasteiger partial charge in [0.1, 0.15) is 17.3 Å². The molecule has 2 aromatic rings. The summed E-state index contributed by atoms with van der Waals surface area (Å²) < 4.78 is 24.4. The molecule has 1 atom stereocenters. The Morgan fingerprint density at radius 2 is 1.24 bits per heavy atom. The molecule has 0 saturated heterocycles. The van der Waals surface area contributed by atoms with Gasteiger partial charge in [-0.05, 0) is 30.2 Å². The molecule has 0 aromatic heterocycles. The van der Waals surface area contributed by atoms with Gasteiger partial charge in [-0.1, -0.05) is 50.2 Å². The van der Waals surface area contributed by atoms with E-state index >= 15 is 0 Å². The first-order valence-corrected chi connectivity index (χ1v) is 8.47. The van der Waals surface area contributed by atoms with Crippen LogP contribution in [0.3, 0.4) is 0 Å². The standard InChI is InChI=1S/C16H20NO3P/c1-13(2)16(17)21(18,19-14-9-5-3-6-10-14)20-15-11-7-4-8-12-15/h3-13,16H,17H2,1-2H3/t16-/m0/s1. The van der Waals surface area contributed by atoms with Crippen LogP contribution in [0.2, 0.25) is 0 Å².